The molecule has 174 valence electrons. The van der Waals surface area contributed by atoms with Crippen molar-refractivity contribution in [3.8, 4) is 11.5 Å². The van der Waals surface area contributed by atoms with E-state index < -0.39 is 17.3 Å². The van der Waals surface area contributed by atoms with E-state index in [2.05, 4.69) is 0 Å². The molecule has 1 heterocycles. The second-order valence-electron chi connectivity index (χ2n) is 9.69. The summed E-state index contributed by atoms with van der Waals surface area (Å²) < 4.78 is 17.1. The van der Waals surface area contributed by atoms with Crippen LogP contribution in [0.3, 0.4) is 0 Å². The van der Waals surface area contributed by atoms with Gasteiger partial charge in [0.05, 0.1) is 25.7 Å². The topological polar surface area (TPSA) is 65.0 Å². The number of carbonyl (C=O) groups excluding carboxylic acids is 1. The maximum Gasteiger partial charge on any atom is 0.169 e. The van der Waals surface area contributed by atoms with Crippen LogP contribution in [0.5, 0.6) is 11.5 Å². The van der Waals surface area contributed by atoms with E-state index in [1.807, 2.05) is 54.6 Å². The number of Topliss-reactive ketones (excluding diaryl/α,β-unsaturated/α-hetero) is 1. The Bertz CT molecular complexity index is 1040. The first-order valence-corrected chi connectivity index (χ1v) is 11.9. The monoisotopic (exact) mass is 448 g/mol. The average molecular weight is 449 g/mol. The largest absolute Gasteiger partial charge is 0.497 e. The zero-order valence-electron chi connectivity index (χ0n) is 19.4. The molecule has 1 N–H and O–H groups in total. The highest BCUT2D eigenvalue weighted by molar-refractivity contribution is 6.06. The molecule has 2 aliphatic carbocycles. The molecular formula is C28H32O5. The van der Waals surface area contributed by atoms with E-state index in [1.54, 1.807) is 14.2 Å². The SMILES string of the molecule is COc1ccc(/C=C2\CC[C@@]3(C[C@@H]4CCCC[C@@]4(O)O[C@@H]3c3ccc(OC)cc3)C2=O)cc1. The van der Waals surface area contributed by atoms with Crippen LogP contribution in [0, 0.1) is 11.3 Å². The van der Waals surface area contributed by atoms with Gasteiger partial charge in [-0.3, -0.25) is 4.79 Å². The minimum atomic E-state index is -1.16. The standard InChI is InChI=1S/C28H32O5/c1-31-23-10-6-19(7-11-23)17-21-14-16-27(25(21)29)18-22-5-3-4-15-28(22,30)33-26(27)20-8-12-24(32-2)13-9-20/h6-13,17,22,26,30H,3-5,14-16,18H2,1-2H3/b21-17+/t22-,26+,27+,28+/m0/s1. The van der Waals surface area contributed by atoms with E-state index >= 15 is 0 Å². The number of methoxy groups -OCH3 is 2. The minimum absolute atomic E-state index is 0.00923. The summed E-state index contributed by atoms with van der Waals surface area (Å²) in [4.78, 5) is 14.0. The van der Waals surface area contributed by atoms with Crippen molar-refractivity contribution in [2.75, 3.05) is 14.2 Å². The number of rotatable bonds is 4. The van der Waals surface area contributed by atoms with E-state index in [0.717, 1.165) is 53.9 Å². The maximum atomic E-state index is 14.0. The maximum absolute atomic E-state index is 14.0. The highest BCUT2D eigenvalue weighted by Crippen LogP contribution is 2.61. The number of benzene rings is 2. The normalized spacial score (nSPS) is 32.7. The lowest BCUT2D eigenvalue weighted by atomic mass is 9.63. The van der Waals surface area contributed by atoms with E-state index in [9.17, 15) is 9.90 Å². The highest BCUT2D eigenvalue weighted by atomic mass is 16.6. The van der Waals surface area contributed by atoms with Crippen molar-refractivity contribution in [1.29, 1.82) is 0 Å². The van der Waals surface area contributed by atoms with Gasteiger partial charge in [0, 0.05) is 12.3 Å². The first-order chi connectivity index (χ1) is 16.0. The fourth-order valence-corrected chi connectivity index (χ4v) is 6.03. The van der Waals surface area contributed by atoms with Gasteiger partial charge in [-0.2, -0.15) is 0 Å². The first kappa shape index (κ1) is 22.2. The molecule has 5 heteroatoms. The van der Waals surface area contributed by atoms with Crippen LogP contribution in [0.2, 0.25) is 0 Å². The second kappa shape index (κ2) is 8.62. The van der Waals surface area contributed by atoms with Crippen molar-refractivity contribution >= 4 is 11.9 Å². The highest BCUT2D eigenvalue weighted by Gasteiger charge is 2.61. The first-order valence-electron chi connectivity index (χ1n) is 11.9. The van der Waals surface area contributed by atoms with Gasteiger partial charge < -0.3 is 19.3 Å². The number of ether oxygens (including phenoxy) is 3. The lowest BCUT2D eigenvalue weighted by Crippen LogP contribution is -2.55. The van der Waals surface area contributed by atoms with Gasteiger partial charge in [0.1, 0.15) is 11.5 Å². The molecule has 4 atom stereocenters. The van der Waals surface area contributed by atoms with Gasteiger partial charge in [-0.1, -0.05) is 30.7 Å². The van der Waals surface area contributed by atoms with Crippen molar-refractivity contribution in [3.63, 3.8) is 0 Å². The number of aliphatic hydroxyl groups is 1. The number of allylic oxidation sites excluding steroid dienone is 1. The Balaban J connectivity index is 1.52. The van der Waals surface area contributed by atoms with Gasteiger partial charge in [0.25, 0.3) is 0 Å². The zero-order chi connectivity index (χ0) is 23.1. The van der Waals surface area contributed by atoms with Crippen molar-refractivity contribution in [2.45, 2.75) is 56.8 Å². The fraction of sp³-hybridized carbons (Fsp3) is 0.464. The van der Waals surface area contributed by atoms with E-state index in [4.69, 9.17) is 14.2 Å². The second-order valence-corrected chi connectivity index (χ2v) is 9.69. The van der Waals surface area contributed by atoms with Crippen molar-refractivity contribution in [1.82, 2.24) is 0 Å². The molecule has 3 fully saturated rings. The lowest BCUT2D eigenvalue weighted by Gasteiger charge is -2.53. The van der Waals surface area contributed by atoms with Crippen LogP contribution in [0.4, 0.5) is 0 Å². The third kappa shape index (κ3) is 3.87. The molecule has 2 aromatic carbocycles. The Kier molecular flexibility index (Phi) is 5.79. The van der Waals surface area contributed by atoms with Gasteiger partial charge in [0.15, 0.2) is 11.6 Å². The summed E-state index contributed by atoms with van der Waals surface area (Å²) in [6.45, 7) is 0. The average Bonchev–Trinajstić information content (AvgIpc) is 3.15. The molecule has 0 bridgehead atoms. The summed E-state index contributed by atoms with van der Waals surface area (Å²) in [5, 5.41) is 11.4. The number of fused-ring (bicyclic) bond motifs is 1. The van der Waals surface area contributed by atoms with E-state index in [-0.39, 0.29) is 11.7 Å². The van der Waals surface area contributed by atoms with Crippen LogP contribution in [0.15, 0.2) is 54.1 Å². The summed E-state index contributed by atoms with van der Waals surface area (Å²) in [6, 6.07) is 15.5. The van der Waals surface area contributed by atoms with Gasteiger partial charge >= 0.3 is 0 Å². The smallest absolute Gasteiger partial charge is 0.169 e. The molecule has 3 aliphatic rings. The summed E-state index contributed by atoms with van der Waals surface area (Å²) in [5.41, 5.74) is 2.10. The number of hydrogen-bond acceptors (Lipinski definition) is 5. The van der Waals surface area contributed by atoms with E-state index in [0.29, 0.717) is 19.3 Å². The van der Waals surface area contributed by atoms with Crippen molar-refractivity contribution in [3.05, 3.63) is 65.2 Å². The molecular weight excluding hydrogens is 416 g/mol. The van der Waals surface area contributed by atoms with Gasteiger partial charge in [-0.15, -0.1) is 0 Å². The van der Waals surface area contributed by atoms with Gasteiger partial charge in [0.2, 0.25) is 0 Å². The molecule has 1 aliphatic heterocycles. The molecule has 5 rings (SSSR count). The zero-order valence-corrected chi connectivity index (χ0v) is 19.4. The Morgan fingerprint density at radius 3 is 2.30 bits per heavy atom. The summed E-state index contributed by atoms with van der Waals surface area (Å²) >= 11 is 0. The molecule has 0 aromatic heterocycles. The lowest BCUT2D eigenvalue weighted by molar-refractivity contribution is -0.323. The Labute approximate surface area is 195 Å². The third-order valence-electron chi connectivity index (χ3n) is 7.87. The number of hydrogen-bond donors (Lipinski definition) is 1. The predicted octanol–water partition coefficient (Wildman–Crippen LogP) is 5.48. The van der Waals surface area contributed by atoms with Crippen LogP contribution >= 0.6 is 0 Å². The summed E-state index contributed by atoms with van der Waals surface area (Å²) in [6.07, 6.45) is 7.19. The molecule has 2 saturated carbocycles. The molecule has 1 spiro atoms. The van der Waals surface area contributed by atoms with Crippen LogP contribution in [0.1, 0.15) is 62.2 Å². The van der Waals surface area contributed by atoms with Crippen LogP contribution in [-0.4, -0.2) is 30.9 Å². The van der Waals surface area contributed by atoms with Gasteiger partial charge in [-0.05, 0) is 79.1 Å². The summed E-state index contributed by atoms with van der Waals surface area (Å²) in [5.74, 6) is 0.548. The number of carbonyl (C=O) groups is 1. The number of ketones is 1. The molecule has 33 heavy (non-hydrogen) atoms. The quantitative estimate of drug-likeness (QED) is 0.628. The van der Waals surface area contributed by atoms with Crippen LogP contribution in [0.25, 0.3) is 6.08 Å². The molecule has 0 amide bonds. The Morgan fingerprint density at radius 1 is 0.970 bits per heavy atom. The predicted molar refractivity (Wildman–Crippen MR) is 126 cm³/mol. The molecule has 1 saturated heterocycles. The van der Waals surface area contributed by atoms with Crippen LogP contribution in [-0.2, 0) is 9.53 Å². The Hall–Kier alpha value is -2.63. The molecule has 5 nitrogen and oxygen atoms in total. The molecule has 0 unspecified atom stereocenters. The van der Waals surface area contributed by atoms with Crippen molar-refractivity contribution in [2.24, 2.45) is 11.3 Å². The third-order valence-corrected chi connectivity index (χ3v) is 7.87. The molecule has 0 radical (unpaired) electrons. The van der Waals surface area contributed by atoms with E-state index in [1.165, 1.54) is 0 Å². The van der Waals surface area contributed by atoms with Gasteiger partial charge in [-0.25, -0.2) is 0 Å². The van der Waals surface area contributed by atoms with Crippen molar-refractivity contribution < 1.29 is 24.1 Å². The van der Waals surface area contributed by atoms with Crippen LogP contribution < -0.4 is 9.47 Å². The summed E-state index contributed by atoms with van der Waals surface area (Å²) in [7, 11) is 3.28. The fourth-order valence-electron chi connectivity index (χ4n) is 6.03. The minimum Gasteiger partial charge on any atom is -0.497 e. The molecule has 2 aromatic rings. The Morgan fingerprint density at radius 2 is 1.64 bits per heavy atom.